The number of hydrogen-bond acceptors (Lipinski definition) is 1. The fourth-order valence-electron chi connectivity index (χ4n) is 1.78. The Morgan fingerprint density at radius 1 is 0.632 bits per heavy atom. The monoisotopic (exact) mass is 478 g/mol. The van der Waals surface area contributed by atoms with Crippen molar-refractivity contribution in [2.75, 3.05) is 13.2 Å². The molecule has 0 fully saturated rings. The van der Waals surface area contributed by atoms with E-state index in [1.807, 2.05) is 0 Å². The Morgan fingerprint density at radius 2 is 1.00 bits per heavy atom. The second-order valence-corrected chi connectivity index (χ2v) is 6.86. The molecule has 0 heterocycles. The third-order valence-electron chi connectivity index (χ3n) is 2.90. The van der Waals surface area contributed by atoms with Crippen LogP contribution in [0.15, 0.2) is 48.5 Å². The fraction of sp³-hybridized carbons (Fsp3) is 0.250. The highest BCUT2D eigenvalue weighted by molar-refractivity contribution is 14.1. The third-order valence-corrected chi connectivity index (χ3v) is 4.33. The number of hydrogen-bond donors (Lipinski definition) is 0. The first-order valence-electron chi connectivity index (χ1n) is 6.31. The van der Waals surface area contributed by atoms with Gasteiger partial charge in [0.15, 0.2) is 0 Å². The summed E-state index contributed by atoms with van der Waals surface area (Å²) in [5.41, 5.74) is 2.68. The van der Waals surface area contributed by atoms with Crippen molar-refractivity contribution < 1.29 is 4.74 Å². The Bertz CT molecular complexity index is 444. The maximum absolute atomic E-state index is 5.70. The second kappa shape index (κ2) is 8.21. The summed E-state index contributed by atoms with van der Waals surface area (Å²) >= 11 is 4.65. The fourth-order valence-corrected chi connectivity index (χ4v) is 2.50. The average molecular weight is 478 g/mol. The lowest BCUT2D eigenvalue weighted by atomic mass is 10.1. The molecule has 0 bridgehead atoms. The van der Waals surface area contributed by atoms with Crippen LogP contribution in [-0.4, -0.2) is 13.2 Å². The van der Waals surface area contributed by atoms with Gasteiger partial charge in [-0.2, -0.15) is 0 Å². The van der Waals surface area contributed by atoms with Crippen molar-refractivity contribution in [2.24, 2.45) is 0 Å². The van der Waals surface area contributed by atoms with Gasteiger partial charge in [-0.25, -0.2) is 0 Å². The Balaban J connectivity index is 1.64. The number of rotatable bonds is 6. The molecule has 0 saturated carbocycles. The van der Waals surface area contributed by atoms with Gasteiger partial charge in [-0.05, 0) is 93.4 Å². The van der Waals surface area contributed by atoms with Crippen molar-refractivity contribution in [3.8, 4) is 0 Å². The topological polar surface area (TPSA) is 9.23 Å². The second-order valence-electron chi connectivity index (χ2n) is 4.37. The van der Waals surface area contributed by atoms with E-state index in [9.17, 15) is 0 Å². The van der Waals surface area contributed by atoms with Crippen molar-refractivity contribution in [3.63, 3.8) is 0 Å². The SMILES string of the molecule is Ic1ccc(CCOCCc2ccc(I)cc2)cc1. The van der Waals surface area contributed by atoms with Crippen LogP contribution in [0.3, 0.4) is 0 Å². The molecule has 0 aromatic heterocycles. The van der Waals surface area contributed by atoms with Gasteiger partial charge in [0, 0.05) is 7.14 Å². The van der Waals surface area contributed by atoms with Crippen LogP contribution in [-0.2, 0) is 17.6 Å². The molecule has 2 rings (SSSR count). The highest BCUT2D eigenvalue weighted by Gasteiger charge is 1.96. The van der Waals surface area contributed by atoms with E-state index in [2.05, 4.69) is 93.7 Å². The zero-order valence-corrected chi connectivity index (χ0v) is 14.9. The smallest absolute Gasteiger partial charge is 0.0506 e. The molecule has 19 heavy (non-hydrogen) atoms. The summed E-state index contributed by atoms with van der Waals surface area (Å²) in [6.45, 7) is 1.59. The average Bonchev–Trinajstić information content (AvgIpc) is 2.43. The molecule has 0 aliphatic carbocycles. The van der Waals surface area contributed by atoms with Crippen molar-refractivity contribution in [1.29, 1.82) is 0 Å². The third kappa shape index (κ3) is 5.79. The van der Waals surface area contributed by atoms with Crippen LogP contribution in [0.4, 0.5) is 0 Å². The van der Waals surface area contributed by atoms with Crippen LogP contribution in [0, 0.1) is 7.14 Å². The minimum atomic E-state index is 0.797. The minimum Gasteiger partial charge on any atom is -0.381 e. The number of ether oxygens (including phenoxy) is 1. The van der Waals surface area contributed by atoms with E-state index in [0.29, 0.717) is 0 Å². The van der Waals surface area contributed by atoms with Gasteiger partial charge in [-0.15, -0.1) is 0 Å². The molecular weight excluding hydrogens is 462 g/mol. The molecule has 0 radical (unpaired) electrons. The summed E-state index contributed by atoms with van der Waals surface area (Å²) in [4.78, 5) is 0. The van der Waals surface area contributed by atoms with Gasteiger partial charge in [-0.1, -0.05) is 24.3 Å². The van der Waals surface area contributed by atoms with Crippen LogP contribution < -0.4 is 0 Å². The van der Waals surface area contributed by atoms with E-state index in [1.54, 1.807) is 0 Å². The largest absolute Gasteiger partial charge is 0.381 e. The minimum absolute atomic E-state index is 0.797. The van der Waals surface area contributed by atoms with E-state index in [0.717, 1.165) is 26.1 Å². The van der Waals surface area contributed by atoms with Gasteiger partial charge in [0.2, 0.25) is 0 Å². The molecule has 0 aliphatic rings. The lowest BCUT2D eigenvalue weighted by Crippen LogP contribution is -2.02. The first-order valence-corrected chi connectivity index (χ1v) is 8.46. The first-order chi connectivity index (χ1) is 9.24. The highest BCUT2D eigenvalue weighted by Crippen LogP contribution is 2.09. The molecule has 0 spiro atoms. The molecule has 2 aromatic carbocycles. The lowest BCUT2D eigenvalue weighted by Gasteiger charge is -2.05. The van der Waals surface area contributed by atoms with Crippen molar-refractivity contribution >= 4 is 45.2 Å². The summed E-state index contributed by atoms with van der Waals surface area (Å²) in [6, 6.07) is 17.2. The maximum Gasteiger partial charge on any atom is 0.0506 e. The van der Waals surface area contributed by atoms with Crippen LogP contribution in [0.2, 0.25) is 0 Å². The Morgan fingerprint density at radius 3 is 1.37 bits per heavy atom. The van der Waals surface area contributed by atoms with E-state index in [-0.39, 0.29) is 0 Å². The van der Waals surface area contributed by atoms with Gasteiger partial charge < -0.3 is 4.74 Å². The predicted molar refractivity (Wildman–Crippen MR) is 96.5 cm³/mol. The van der Waals surface area contributed by atoms with Crippen molar-refractivity contribution in [3.05, 3.63) is 66.8 Å². The molecule has 0 unspecified atom stereocenters. The number of benzene rings is 2. The molecule has 0 aliphatic heterocycles. The summed E-state index contributed by atoms with van der Waals surface area (Å²) in [7, 11) is 0. The molecular formula is C16H16I2O. The van der Waals surface area contributed by atoms with E-state index >= 15 is 0 Å². The van der Waals surface area contributed by atoms with Gasteiger partial charge in [-0.3, -0.25) is 0 Å². The highest BCUT2D eigenvalue weighted by atomic mass is 127. The molecule has 0 amide bonds. The van der Waals surface area contributed by atoms with Gasteiger partial charge in [0.1, 0.15) is 0 Å². The molecule has 2 aromatic rings. The van der Waals surface area contributed by atoms with E-state index in [1.165, 1.54) is 18.3 Å². The summed E-state index contributed by atoms with van der Waals surface area (Å²) in [5, 5.41) is 0. The summed E-state index contributed by atoms with van der Waals surface area (Å²) in [5.74, 6) is 0. The zero-order chi connectivity index (χ0) is 13.5. The Kier molecular flexibility index (Phi) is 6.59. The Labute approximate surface area is 142 Å². The standard InChI is InChI=1S/C16H16I2O/c17-15-5-1-13(2-6-15)9-11-19-12-10-14-3-7-16(18)8-4-14/h1-8H,9-12H2. The van der Waals surface area contributed by atoms with Gasteiger partial charge >= 0.3 is 0 Å². The molecule has 1 nitrogen and oxygen atoms in total. The normalized spacial score (nSPS) is 10.6. The quantitative estimate of drug-likeness (QED) is 0.433. The predicted octanol–water partition coefficient (Wildman–Crippen LogP) is 4.70. The summed E-state index contributed by atoms with van der Waals surface area (Å²) < 4.78 is 8.26. The number of halogens is 2. The molecule has 0 N–H and O–H groups in total. The Hall–Kier alpha value is -0.140. The van der Waals surface area contributed by atoms with Crippen LogP contribution >= 0.6 is 45.2 Å². The molecule has 0 saturated heterocycles. The van der Waals surface area contributed by atoms with Gasteiger partial charge in [0.05, 0.1) is 13.2 Å². The van der Waals surface area contributed by atoms with Gasteiger partial charge in [0.25, 0.3) is 0 Å². The van der Waals surface area contributed by atoms with Crippen molar-refractivity contribution in [2.45, 2.75) is 12.8 Å². The maximum atomic E-state index is 5.70. The lowest BCUT2D eigenvalue weighted by molar-refractivity contribution is 0.140. The first kappa shape index (κ1) is 15.3. The molecule has 3 heteroatoms. The van der Waals surface area contributed by atoms with E-state index in [4.69, 9.17) is 4.74 Å². The van der Waals surface area contributed by atoms with E-state index < -0.39 is 0 Å². The van der Waals surface area contributed by atoms with Crippen LogP contribution in [0.1, 0.15) is 11.1 Å². The zero-order valence-electron chi connectivity index (χ0n) is 10.6. The van der Waals surface area contributed by atoms with Crippen molar-refractivity contribution in [1.82, 2.24) is 0 Å². The molecule has 100 valence electrons. The summed E-state index contributed by atoms with van der Waals surface area (Å²) in [6.07, 6.45) is 1.98. The molecule has 0 atom stereocenters. The van der Waals surface area contributed by atoms with Crippen LogP contribution in [0.25, 0.3) is 0 Å². The van der Waals surface area contributed by atoms with Crippen LogP contribution in [0.5, 0.6) is 0 Å².